The first-order chi connectivity index (χ1) is 11.2. The summed E-state index contributed by atoms with van der Waals surface area (Å²) in [5.41, 5.74) is 3.09. The van der Waals surface area contributed by atoms with Crippen LogP contribution in [0.5, 0.6) is 5.75 Å². The van der Waals surface area contributed by atoms with Crippen molar-refractivity contribution in [3.05, 3.63) is 54.1 Å². The first-order valence-electron chi connectivity index (χ1n) is 7.92. The summed E-state index contributed by atoms with van der Waals surface area (Å²) < 4.78 is 5.24. The summed E-state index contributed by atoms with van der Waals surface area (Å²) >= 11 is 0. The zero-order valence-corrected chi connectivity index (χ0v) is 13.7. The lowest BCUT2D eigenvalue weighted by Crippen LogP contribution is -2.32. The molecule has 0 atom stereocenters. The van der Waals surface area contributed by atoms with Crippen LogP contribution in [-0.4, -0.2) is 33.2 Å². The lowest BCUT2D eigenvalue weighted by Gasteiger charge is -2.24. The van der Waals surface area contributed by atoms with Crippen LogP contribution in [0.1, 0.15) is 12.0 Å². The van der Waals surface area contributed by atoms with Crippen molar-refractivity contribution >= 4 is 17.3 Å². The van der Waals surface area contributed by atoms with Gasteiger partial charge in [-0.2, -0.15) is 0 Å². The number of para-hydroxylation sites is 2. The third kappa shape index (κ3) is 3.31. The monoisotopic (exact) mass is 310 g/mol. The van der Waals surface area contributed by atoms with Crippen molar-refractivity contribution in [1.29, 1.82) is 0 Å². The number of benzene rings is 2. The third-order valence-electron chi connectivity index (χ3n) is 4.25. The fourth-order valence-electron chi connectivity index (χ4n) is 3.03. The summed E-state index contributed by atoms with van der Waals surface area (Å²) in [5, 5.41) is 0. The summed E-state index contributed by atoms with van der Waals surface area (Å²) in [7, 11) is 3.72. The summed E-state index contributed by atoms with van der Waals surface area (Å²) in [4.78, 5) is 17.0. The van der Waals surface area contributed by atoms with Gasteiger partial charge in [0.25, 0.3) is 0 Å². The maximum Gasteiger partial charge on any atom is 0.231 e. The smallest absolute Gasteiger partial charge is 0.231 e. The number of hydrogen-bond donors (Lipinski definition) is 0. The highest BCUT2D eigenvalue weighted by atomic mass is 16.5. The van der Waals surface area contributed by atoms with Crippen LogP contribution in [0.4, 0.5) is 11.4 Å². The second kappa shape index (κ2) is 6.73. The molecular formula is C19H22N2O2. The van der Waals surface area contributed by atoms with Crippen molar-refractivity contribution < 1.29 is 9.53 Å². The SMILES string of the molecule is COc1cccc(CC(=O)N2CCCN(C)c3ccccc32)c1. The molecule has 4 heteroatoms. The quantitative estimate of drug-likeness (QED) is 0.873. The highest BCUT2D eigenvalue weighted by Crippen LogP contribution is 2.31. The number of fused-ring (bicyclic) bond motifs is 1. The average molecular weight is 310 g/mol. The minimum absolute atomic E-state index is 0.126. The Labute approximate surface area is 137 Å². The molecule has 2 aromatic rings. The van der Waals surface area contributed by atoms with E-state index in [4.69, 9.17) is 4.74 Å². The minimum atomic E-state index is 0.126. The molecule has 4 nitrogen and oxygen atoms in total. The van der Waals surface area contributed by atoms with Crippen molar-refractivity contribution in [2.45, 2.75) is 12.8 Å². The Morgan fingerprint density at radius 2 is 1.87 bits per heavy atom. The molecule has 0 aliphatic carbocycles. The van der Waals surface area contributed by atoms with E-state index in [1.54, 1.807) is 7.11 Å². The van der Waals surface area contributed by atoms with Crippen LogP contribution in [0, 0.1) is 0 Å². The number of amides is 1. The van der Waals surface area contributed by atoms with Gasteiger partial charge in [0.2, 0.25) is 5.91 Å². The Kier molecular flexibility index (Phi) is 4.51. The van der Waals surface area contributed by atoms with E-state index in [1.165, 1.54) is 0 Å². The molecule has 120 valence electrons. The van der Waals surface area contributed by atoms with Crippen LogP contribution in [0.15, 0.2) is 48.5 Å². The molecule has 0 radical (unpaired) electrons. The Hall–Kier alpha value is -2.49. The lowest BCUT2D eigenvalue weighted by molar-refractivity contribution is -0.118. The van der Waals surface area contributed by atoms with E-state index in [0.717, 1.165) is 42.2 Å². The predicted molar refractivity (Wildman–Crippen MR) is 93.4 cm³/mol. The van der Waals surface area contributed by atoms with E-state index >= 15 is 0 Å². The fraction of sp³-hybridized carbons (Fsp3) is 0.316. The van der Waals surface area contributed by atoms with Gasteiger partial charge in [0.05, 0.1) is 24.9 Å². The van der Waals surface area contributed by atoms with Crippen molar-refractivity contribution in [3.63, 3.8) is 0 Å². The lowest BCUT2D eigenvalue weighted by atomic mass is 10.1. The maximum absolute atomic E-state index is 12.9. The minimum Gasteiger partial charge on any atom is -0.497 e. The number of ether oxygens (including phenoxy) is 1. The average Bonchev–Trinajstić information content (AvgIpc) is 2.74. The van der Waals surface area contributed by atoms with Gasteiger partial charge in [0.1, 0.15) is 5.75 Å². The molecule has 0 saturated heterocycles. The Balaban J connectivity index is 1.85. The first-order valence-corrected chi connectivity index (χ1v) is 7.92. The molecule has 0 spiro atoms. The van der Waals surface area contributed by atoms with E-state index in [-0.39, 0.29) is 5.91 Å². The summed E-state index contributed by atoms with van der Waals surface area (Å²) in [6.07, 6.45) is 1.35. The molecule has 1 amide bonds. The molecule has 23 heavy (non-hydrogen) atoms. The summed E-state index contributed by atoms with van der Waals surface area (Å²) in [6, 6.07) is 15.8. The van der Waals surface area contributed by atoms with Gasteiger partial charge in [-0.3, -0.25) is 4.79 Å². The number of rotatable bonds is 3. The second-order valence-corrected chi connectivity index (χ2v) is 5.84. The van der Waals surface area contributed by atoms with Crippen LogP contribution in [0.3, 0.4) is 0 Å². The first kappa shape index (κ1) is 15.4. The van der Waals surface area contributed by atoms with Crippen LogP contribution >= 0.6 is 0 Å². The number of hydrogen-bond acceptors (Lipinski definition) is 3. The highest BCUT2D eigenvalue weighted by Gasteiger charge is 2.23. The maximum atomic E-state index is 12.9. The fourth-order valence-corrected chi connectivity index (χ4v) is 3.03. The van der Waals surface area contributed by atoms with Crippen molar-refractivity contribution in [3.8, 4) is 5.75 Å². The van der Waals surface area contributed by atoms with E-state index in [1.807, 2.05) is 47.4 Å². The Morgan fingerprint density at radius 3 is 2.65 bits per heavy atom. The van der Waals surface area contributed by atoms with Crippen LogP contribution in [0.25, 0.3) is 0 Å². The molecule has 0 saturated carbocycles. The van der Waals surface area contributed by atoms with E-state index < -0.39 is 0 Å². The van der Waals surface area contributed by atoms with Crippen LogP contribution in [0.2, 0.25) is 0 Å². The summed E-state index contributed by atoms with van der Waals surface area (Å²) in [5.74, 6) is 0.910. The van der Waals surface area contributed by atoms with E-state index in [0.29, 0.717) is 6.42 Å². The molecule has 0 unspecified atom stereocenters. The van der Waals surface area contributed by atoms with Crippen molar-refractivity contribution in [1.82, 2.24) is 0 Å². The zero-order chi connectivity index (χ0) is 16.2. The molecule has 0 fully saturated rings. The molecular weight excluding hydrogens is 288 g/mol. The standard InChI is InChI=1S/C19H22N2O2/c1-20-11-6-12-21(18-10-4-3-9-17(18)20)19(22)14-15-7-5-8-16(13-15)23-2/h3-5,7-10,13H,6,11-12,14H2,1-2H3. The molecule has 3 rings (SSSR count). The summed E-state index contributed by atoms with van der Waals surface area (Å²) in [6.45, 7) is 1.71. The molecule has 0 N–H and O–H groups in total. The van der Waals surface area contributed by atoms with Gasteiger partial charge < -0.3 is 14.5 Å². The van der Waals surface area contributed by atoms with Gasteiger partial charge in [-0.15, -0.1) is 0 Å². The van der Waals surface area contributed by atoms with E-state index in [9.17, 15) is 4.79 Å². The Morgan fingerprint density at radius 1 is 1.09 bits per heavy atom. The second-order valence-electron chi connectivity index (χ2n) is 5.84. The van der Waals surface area contributed by atoms with Gasteiger partial charge >= 0.3 is 0 Å². The topological polar surface area (TPSA) is 32.8 Å². The van der Waals surface area contributed by atoms with Crippen LogP contribution in [-0.2, 0) is 11.2 Å². The third-order valence-corrected chi connectivity index (χ3v) is 4.25. The highest BCUT2D eigenvalue weighted by molar-refractivity contribution is 5.98. The number of anilines is 2. The van der Waals surface area contributed by atoms with E-state index in [2.05, 4.69) is 18.0 Å². The largest absolute Gasteiger partial charge is 0.497 e. The van der Waals surface area contributed by atoms with Gasteiger partial charge in [0, 0.05) is 20.1 Å². The van der Waals surface area contributed by atoms with Gasteiger partial charge in [-0.25, -0.2) is 0 Å². The van der Waals surface area contributed by atoms with Gasteiger partial charge in [0.15, 0.2) is 0 Å². The number of methoxy groups -OCH3 is 1. The zero-order valence-electron chi connectivity index (χ0n) is 13.7. The number of nitrogens with zero attached hydrogens (tertiary/aromatic N) is 2. The molecule has 0 aromatic heterocycles. The molecule has 1 aliphatic heterocycles. The molecule has 1 aliphatic rings. The van der Waals surface area contributed by atoms with Gasteiger partial charge in [-0.1, -0.05) is 24.3 Å². The molecule has 1 heterocycles. The molecule has 0 bridgehead atoms. The Bertz CT molecular complexity index is 699. The van der Waals surface area contributed by atoms with Crippen LogP contribution < -0.4 is 14.5 Å². The predicted octanol–water partition coefficient (Wildman–Crippen LogP) is 3.11. The number of carbonyl (C=O) groups is 1. The van der Waals surface area contributed by atoms with Crippen molar-refractivity contribution in [2.75, 3.05) is 37.0 Å². The van der Waals surface area contributed by atoms with Gasteiger partial charge in [-0.05, 0) is 36.2 Å². The normalized spacial score (nSPS) is 14.2. The van der Waals surface area contributed by atoms with Crippen molar-refractivity contribution in [2.24, 2.45) is 0 Å². The number of carbonyl (C=O) groups excluding carboxylic acids is 1. The molecule has 2 aromatic carbocycles.